The van der Waals surface area contributed by atoms with Gasteiger partial charge < -0.3 is 20.7 Å². The summed E-state index contributed by atoms with van der Waals surface area (Å²) >= 11 is 0. The molecule has 0 fully saturated rings. The van der Waals surface area contributed by atoms with Crippen molar-refractivity contribution in [3.8, 4) is 22.8 Å². The summed E-state index contributed by atoms with van der Waals surface area (Å²) in [6, 6.07) is 14.6. The number of aliphatic hydroxyl groups excluding tert-OH is 1. The second-order valence-electron chi connectivity index (χ2n) is 6.10. The zero-order valence-electron chi connectivity index (χ0n) is 14.9. The highest BCUT2D eigenvalue weighted by Gasteiger charge is 2.18. The van der Waals surface area contributed by atoms with Crippen molar-refractivity contribution in [2.75, 3.05) is 17.7 Å². The molecule has 3 heterocycles. The number of nitrogen functional groups attached to an aromatic ring is 1. The molecule has 0 saturated heterocycles. The molecule has 0 bridgehead atoms. The molecule has 0 radical (unpaired) electrons. The summed E-state index contributed by atoms with van der Waals surface area (Å²) in [5.74, 6) is 1.08. The number of hydrogen-bond acceptors (Lipinski definition) is 8. The Kier molecular flexibility index (Phi) is 4.94. The average Bonchev–Trinajstić information content (AvgIpc) is 3.23. The minimum Gasteiger partial charge on any atom is -0.394 e. The van der Waals surface area contributed by atoms with E-state index in [1.807, 2.05) is 30.3 Å². The van der Waals surface area contributed by atoms with E-state index in [9.17, 15) is 5.11 Å². The van der Waals surface area contributed by atoms with Crippen molar-refractivity contribution in [3.05, 3.63) is 72.7 Å². The monoisotopic (exact) mass is 374 g/mol. The molecule has 1 atom stereocenters. The molecule has 8 nitrogen and oxygen atoms in total. The smallest absolute Gasteiger partial charge is 0.261 e. The van der Waals surface area contributed by atoms with E-state index in [1.54, 1.807) is 36.8 Å². The highest BCUT2D eigenvalue weighted by Crippen LogP contribution is 2.31. The van der Waals surface area contributed by atoms with Crippen molar-refractivity contribution < 1.29 is 9.63 Å². The van der Waals surface area contributed by atoms with Gasteiger partial charge in [-0.25, -0.2) is 4.98 Å². The summed E-state index contributed by atoms with van der Waals surface area (Å²) in [7, 11) is 0. The number of benzene rings is 1. The summed E-state index contributed by atoms with van der Waals surface area (Å²) in [6.45, 7) is -0.0994. The number of hydrogen-bond donors (Lipinski definition) is 3. The Balaban J connectivity index is 1.68. The van der Waals surface area contributed by atoms with Crippen LogP contribution in [-0.2, 0) is 0 Å². The second-order valence-corrected chi connectivity index (χ2v) is 6.10. The van der Waals surface area contributed by atoms with Crippen LogP contribution in [0.4, 0.5) is 11.5 Å². The van der Waals surface area contributed by atoms with E-state index in [1.165, 1.54) is 0 Å². The van der Waals surface area contributed by atoms with Gasteiger partial charge in [-0.1, -0.05) is 35.5 Å². The molecule has 28 heavy (non-hydrogen) atoms. The zero-order chi connectivity index (χ0) is 19.3. The highest BCUT2D eigenvalue weighted by molar-refractivity contribution is 5.75. The van der Waals surface area contributed by atoms with Crippen LogP contribution in [0.15, 0.2) is 71.6 Å². The van der Waals surface area contributed by atoms with E-state index in [0.29, 0.717) is 28.8 Å². The van der Waals surface area contributed by atoms with E-state index in [2.05, 4.69) is 25.4 Å². The number of nitrogens with zero attached hydrogens (tertiary/aromatic N) is 4. The van der Waals surface area contributed by atoms with E-state index in [4.69, 9.17) is 10.3 Å². The van der Waals surface area contributed by atoms with Crippen LogP contribution in [0.3, 0.4) is 0 Å². The molecule has 0 saturated carbocycles. The average molecular weight is 374 g/mol. The third kappa shape index (κ3) is 3.67. The van der Waals surface area contributed by atoms with Crippen LogP contribution < -0.4 is 11.1 Å². The lowest BCUT2D eigenvalue weighted by Gasteiger charge is -2.19. The molecule has 4 aromatic rings. The molecular weight excluding hydrogens is 356 g/mol. The van der Waals surface area contributed by atoms with Crippen LogP contribution in [0.2, 0.25) is 0 Å². The molecule has 0 amide bonds. The molecule has 4 N–H and O–H groups in total. The first-order valence-electron chi connectivity index (χ1n) is 8.67. The topological polar surface area (TPSA) is 123 Å². The SMILES string of the molecule is Nc1cc(N[C@H](CO)c2ccccc2)c(-c2nc(-c3ccncc3)no2)cn1. The Morgan fingerprint density at radius 1 is 1.11 bits per heavy atom. The van der Waals surface area contributed by atoms with Crippen molar-refractivity contribution in [1.82, 2.24) is 20.1 Å². The molecule has 8 heteroatoms. The fourth-order valence-electron chi connectivity index (χ4n) is 2.82. The van der Waals surface area contributed by atoms with Crippen LogP contribution in [-0.4, -0.2) is 31.8 Å². The maximum absolute atomic E-state index is 9.86. The molecule has 0 spiro atoms. The van der Waals surface area contributed by atoms with E-state index in [-0.39, 0.29) is 12.6 Å². The Hall–Kier alpha value is -3.78. The fourth-order valence-corrected chi connectivity index (χ4v) is 2.82. The van der Waals surface area contributed by atoms with E-state index < -0.39 is 0 Å². The highest BCUT2D eigenvalue weighted by atomic mass is 16.5. The van der Waals surface area contributed by atoms with Gasteiger partial charge in [-0.2, -0.15) is 4.98 Å². The lowest BCUT2D eigenvalue weighted by Crippen LogP contribution is -2.15. The van der Waals surface area contributed by atoms with Gasteiger partial charge in [-0.05, 0) is 17.7 Å². The van der Waals surface area contributed by atoms with Gasteiger partial charge in [0.1, 0.15) is 5.82 Å². The molecule has 0 aliphatic carbocycles. The lowest BCUT2D eigenvalue weighted by molar-refractivity contribution is 0.276. The number of aromatic nitrogens is 4. The van der Waals surface area contributed by atoms with Gasteiger partial charge in [0.15, 0.2) is 0 Å². The van der Waals surface area contributed by atoms with Crippen LogP contribution in [0.5, 0.6) is 0 Å². The number of aliphatic hydroxyl groups is 1. The zero-order valence-corrected chi connectivity index (χ0v) is 14.9. The molecule has 4 rings (SSSR count). The van der Waals surface area contributed by atoms with Crippen molar-refractivity contribution >= 4 is 11.5 Å². The lowest BCUT2D eigenvalue weighted by atomic mass is 10.1. The number of nitrogens with one attached hydrogen (secondary N) is 1. The summed E-state index contributed by atoms with van der Waals surface area (Å²) < 4.78 is 5.44. The number of pyridine rings is 2. The largest absolute Gasteiger partial charge is 0.394 e. The molecule has 140 valence electrons. The fraction of sp³-hybridized carbons (Fsp3) is 0.100. The summed E-state index contributed by atoms with van der Waals surface area (Å²) in [5, 5.41) is 17.2. The minimum atomic E-state index is -0.329. The standard InChI is InChI=1S/C20H18N6O2/c21-18-10-16(24-17(12-27)13-4-2-1-3-5-13)15(11-23-18)20-25-19(26-28-20)14-6-8-22-9-7-14/h1-11,17,27H,12H2,(H3,21,23,24)/t17-/m1/s1. The molecular formula is C20H18N6O2. The van der Waals surface area contributed by atoms with Gasteiger partial charge in [0.2, 0.25) is 5.82 Å². The van der Waals surface area contributed by atoms with Crippen LogP contribution in [0.1, 0.15) is 11.6 Å². The van der Waals surface area contributed by atoms with Gasteiger partial charge in [-0.15, -0.1) is 0 Å². The third-order valence-electron chi connectivity index (χ3n) is 4.23. The molecule has 0 aliphatic heterocycles. The van der Waals surface area contributed by atoms with Crippen molar-refractivity contribution in [2.24, 2.45) is 0 Å². The molecule has 1 aromatic carbocycles. The molecule has 0 unspecified atom stereocenters. The van der Waals surface area contributed by atoms with Crippen LogP contribution in [0.25, 0.3) is 22.8 Å². The Morgan fingerprint density at radius 2 is 1.89 bits per heavy atom. The Labute approximate surface area is 161 Å². The van der Waals surface area contributed by atoms with Crippen LogP contribution in [0, 0.1) is 0 Å². The first-order chi connectivity index (χ1) is 13.7. The number of rotatable bonds is 6. The van der Waals surface area contributed by atoms with Gasteiger partial charge in [-0.3, -0.25) is 4.98 Å². The van der Waals surface area contributed by atoms with Crippen LogP contribution >= 0.6 is 0 Å². The van der Waals surface area contributed by atoms with Gasteiger partial charge in [0.05, 0.1) is 23.9 Å². The predicted octanol–water partition coefficient (Wildman–Crippen LogP) is 2.92. The Bertz CT molecular complexity index is 1050. The Morgan fingerprint density at radius 3 is 2.64 bits per heavy atom. The quantitative estimate of drug-likeness (QED) is 0.471. The normalized spacial score (nSPS) is 11.9. The molecule has 3 aromatic heterocycles. The maximum atomic E-state index is 9.86. The van der Waals surface area contributed by atoms with Gasteiger partial charge in [0.25, 0.3) is 5.89 Å². The van der Waals surface area contributed by atoms with Crippen molar-refractivity contribution in [2.45, 2.75) is 6.04 Å². The first kappa shape index (κ1) is 17.6. The summed E-state index contributed by atoms with van der Waals surface area (Å²) in [6.07, 6.45) is 4.89. The number of anilines is 2. The first-order valence-corrected chi connectivity index (χ1v) is 8.67. The summed E-state index contributed by atoms with van der Waals surface area (Å²) in [4.78, 5) is 12.6. The van der Waals surface area contributed by atoms with Crippen molar-refractivity contribution in [3.63, 3.8) is 0 Å². The van der Waals surface area contributed by atoms with E-state index >= 15 is 0 Å². The maximum Gasteiger partial charge on any atom is 0.261 e. The van der Waals surface area contributed by atoms with Gasteiger partial charge in [0, 0.05) is 30.2 Å². The number of nitrogens with two attached hydrogens (primary N) is 1. The van der Waals surface area contributed by atoms with Gasteiger partial charge >= 0.3 is 0 Å². The summed E-state index contributed by atoms with van der Waals surface area (Å²) in [5.41, 5.74) is 8.83. The predicted molar refractivity (Wildman–Crippen MR) is 105 cm³/mol. The third-order valence-corrected chi connectivity index (χ3v) is 4.23. The minimum absolute atomic E-state index is 0.0994. The van der Waals surface area contributed by atoms with E-state index in [0.717, 1.165) is 11.1 Å². The second kappa shape index (κ2) is 7.85. The van der Waals surface area contributed by atoms with Crippen molar-refractivity contribution in [1.29, 1.82) is 0 Å². The molecule has 0 aliphatic rings.